The molecular weight excluding hydrogens is 252 g/mol. The van der Waals surface area contributed by atoms with E-state index in [-0.39, 0.29) is 0 Å². The lowest BCUT2D eigenvalue weighted by atomic mass is 10.0. The molecule has 0 fully saturated rings. The van der Waals surface area contributed by atoms with Gasteiger partial charge in [0, 0.05) is 0 Å². The molecule has 0 saturated carbocycles. The van der Waals surface area contributed by atoms with E-state index in [9.17, 15) is 0 Å². The highest BCUT2D eigenvalue weighted by Crippen LogP contribution is 2.09. The number of hydrogen-bond donors (Lipinski definition) is 0. The zero-order chi connectivity index (χ0) is 15.3. The molecule has 0 heteroatoms. The smallest absolute Gasteiger partial charge is 0.0279 e. The van der Waals surface area contributed by atoms with Crippen LogP contribution in [0.3, 0.4) is 0 Å². The van der Waals surface area contributed by atoms with Crippen LogP contribution >= 0.6 is 0 Å². The van der Waals surface area contributed by atoms with E-state index in [1.165, 1.54) is 55.2 Å². The van der Waals surface area contributed by atoms with E-state index in [1.54, 1.807) is 0 Å². The molecule has 2 aromatic carbocycles. The Hall–Kier alpha value is -1.56. The van der Waals surface area contributed by atoms with E-state index in [4.69, 9.17) is 0 Å². The van der Waals surface area contributed by atoms with Gasteiger partial charge in [-0.3, -0.25) is 0 Å². The van der Waals surface area contributed by atoms with Crippen molar-refractivity contribution >= 4 is 0 Å². The van der Waals surface area contributed by atoms with E-state index in [2.05, 4.69) is 57.2 Å². The quantitative estimate of drug-likeness (QED) is 0.530. The van der Waals surface area contributed by atoms with Crippen LogP contribution in [-0.4, -0.2) is 0 Å². The summed E-state index contributed by atoms with van der Waals surface area (Å²) in [5, 5.41) is 0. The zero-order valence-electron chi connectivity index (χ0n) is 13.9. The summed E-state index contributed by atoms with van der Waals surface area (Å²) in [5.41, 5.74) is 4.18. The van der Waals surface area contributed by atoms with Gasteiger partial charge < -0.3 is 0 Å². The molecule has 0 spiro atoms. The van der Waals surface area contributed by atoms with Gasteiger partial charge in [-0.25, -0.2) is 0 Å². The summed E-state index contributed by atoms with van der Waals surface area (Å²) < 4.78 is 0. The molecule has 0 amide bonds. The maximum absolute atomic E-state index is 2.26. The third kappa shape index (κ3) is 9.07. The van der Waals surface area contributed by atoms with Crippen molar-refractivity contribution in [2.24, 2.45) is 0 Å². The number of benzene rings is 2. The monoisotopic (exact) mass is 282 g/mol. The van der Waals surface area contributed by atoms with Gasteiger partial charge in [0.15, 0.2) is 0 Å². The van der Waals surface area contributed by atoms with Gasteiger partial charge in [0.2, 0.25) is 0 Å². The lowest BCUT2D eigenvalue weighted by Crippen LogP contribution is -1.86. The molecule has 0 radical (unpaired) electrons. The lowest BCUT2D eigenvalue weighted by Gasteiger charge is -2.01. The number of aryl methyl sites for hydroxylation is 3. The summed E-state index contributed by atoms with van der Waals surface area (Å²) in [5.74, 6) is 0. The van der Waals surface area contributed by atoms with Crippen LogP contribution in [0.1, 0.15) is 55.7 Å². The summed E-state index contributed by atoms with van der Waals surface area (Å²) in [6, 6.07) is 19.2. The van der Waals surface area contributed by atoms with Crippen LogP contribution in [0.15, 0.2) is 54.6 Å². The van der Waals surface area contributed by atoms with Crippen LogP contribution in [0.2, 0.25) is 0 Å². The van der Waals surface area contributed by atoms with Crippen LogP contribution in [0.5, 0.6) is 0 Å². The Morgan fingerprint density at radius 1 is 0.619 bits per heavy atom. The Balaban J connectivity index is 0.000000262. The average molecular weight is 282 g/mol. The van der Waals surface area contributed by atoms with Gasteiger partial charge in [0.1, 0.15) is 0 Å². The highest BCUT2D eigenvalue weighted by atomic mass is 14.0. The first kappa shape index (κ1) is 17.5. The Morgan fingerprint density at radius 2 is 1.19 bits per heavy atom. The second-order valence-corrected chi connectivity index (χ2v) is 5.80. The molecule has 0 aliphatic heterocycles. The van der Waals surface area contributed by atoms with Crippen molar-refractivity contribution < 1.29 is 0 Å². The van der Waals surface area contributed by atoms with Crippen molar-refractivity contribution in [1.29, 1.82) is 0 Å². The fourth-order valence-electron chi connectivity index (χ4n) is 2.22. The van der Waals surface area contributed by atoms with Gasteiger partial charge in [-0.15, -0.1) is 0 Å². The Kier molecular flexibility index (Phi) is 9.28. The molecule has 2 aromatic rings. The average Bonchev–Trinajstić information content (AvgIpc) is 2.50. The summed E-state index contributed by atoms with van der Waals surface area (Å²) >= 11 is 0. The van der Waals surface area contributed by atoms with E-state index in [0.717, 1.165) is 0 Å². The first-order valence-corrected chi connectivity index (χ1v) is 8.29. The van der Waals surface area contributed by atoms with Gasteiger partial charge in [0.05, 0.1) is 0 Å². The van der Waals surface area contributed by atoms with Crippen molar-refractivity contribution in [2.75, 3.05) is 0 Å². The van der Waals surface area contributed by atoms with Gasteiger partial charge >= 0.3 is 0 Å². The van der Waals surface area contributed by atoms with Crippen LogP contribution in [0.25, 0.3) is 0 Å². The molecule has 0 nitrogen and oxygen atoms in total. The number of rotatable bonds is 6. The minimum atomic E-state index is 1.25. The molecule has 0 unspecified atom stereocenters. The van der Waals surface area contributed by atoms with E-state index < -0.39 is 0 Å². The summed E-state index contributed by atoms with van der Waals surface area (Å²) in [6.45, 7) is 6.49. The molecule has 0 bridgehead atoms. The van der Waals surface area contributed by atoms with Gasteiger partial charge in [0.25, 0.3) is 0 Å². The van der Waals surface area contributed by atoms with Crippen LogP contribution in [0.4, 0.5) is 0 Å². The Labute approximate surface area is 131 Å². The maximum Gasteiger partial charge on any atom is -0.0279 e. The molecule has 0 aliphatic rings. The van der Waals surface area contributed by atoms with Crippen molar-refractivity contribution in [1.82, 2.24) is 0 Å². The molecule has 21 heavy (non-hydrogen) atoms. The van der Waals surface area contributed by atoms with Crippen LogP contribution < -0.4 is 0 Å². The first-order valence-electron chi connectivity index (χ1n) is 8.29. The molecule has 0 aliphatic carbocycles. The van der Waals surface area contributed by atoms with Crippen molar-refractivity contribution in [3.63, 3.8) is 0 Å². The second kappa shape index (κ2) is 11.1. The van der Waals surface area contributed by atoms with Crippen molar-refractivity contribution in [3.05, 3.63) is 71.3 Å². The molecule has 0 aromatic heterocycles. The van der Waals surface area contributed by atoms with Gasteiger partial charge in [-0.1, -0.05) is 98.3 Å². The topological polar surface area (TPSA) is 0 Å². The Morgan fingerprint density at radius 3 is 1.71 bits per heavy atom. The predicted molar refractivity (Wildman–Crippen MR) is 94.8 cm³/mol. The summed E-state index contributed by atoms with van der Waals surface area (Å²) in [4.78, 5) is 0. The molecule has 0 heterocycles. The molecule has 0 saturated heterocycles. The van der Waals surface area contributed by atoms with Crippen molar-refractivity contribution in [2.45, 2.75) is 59.3 Å². The lowest BCUT2D eigenvalue weighted by molar-refractivity contribution is 0.632. The molecule has 2 rings (SSSR count). The molecule has 0 atom stereocenters. The number of unbranched alkanes of at least 4 members (excludes halogenated alkanes) is 4. The summed E-state index contributed by atoms with van der Waals surface area (Å²) in [6.07, 6.45) is 8.13. The van der Waals surface area contributed by atoms with Gasteiger partial charge in [-0.05, 0) is 32.3 Å². The fraction of sp³-hybridized carbons (Fsp3) is 0.429. The fourth-order valence-corrected chi connectivity index (χ4v) is 2.22. The predicted octanol–water partition coefficient (Wildman–Crippen LogP) is 6.50. The van der Waals surface area contributed by atoms with Gasteiger partial charge in [-0.2, -0.15) is 0 Å². The van der Waals surface area contributed by atoms with E-state index >= 15 is 0 Å². The number of hydrogen-bond acceptors (Lipinski definition) is 0. The third-order valence-corrected chi connectivity index (χ3v) is 3.63. The standard InChI is InChI=1S/C14H22.C7H8/c1-3-4-5-6-7-8-14-11-9-13(2)10-12-14;1-7-5-3-2-4-6-7/h9-12H,3-8H2,1-2H3;2-6H,1H3. The Bertz CT molecular complexity index is 453. The largest absolute Gasteiger partial charge is 0.0654 e. The first-order chi connectivity index (χ1) is 10.2. The highest BCUT2D eigenvalue weighted by Gasteiger charge is 1.93. The minimum absolute atomic E-state index is 1.25. The van der Waals surface area contributed by atoms with Crippen molar-refractivity contribution in [3.8, 4) is 0 Å². The zero-order valence-corrected chi connectivity index (χ0v) is 13.9. The van der Waals surface area contributed by atoms with E-state index in [1.807, 2.05) is 18.2 Å². The van der Waals surface area contributed by atoms with E-state index in [0.29, 0.717) is 0 Å². The van der Waals surface area contributed by atoms with Crippen LogP contribution in [-0.2, 0) is 6.42 Å². The van der Waals surface area contributed by atoms with Crippen LogP contribution in [0, 0.1) is 13.8 Å². The normalized spacial score (nSPS) is 9.86. The highest BCUT2D eigenvalue weighted by molar-refractivity contribution is 5.21. The second-order valence-electron chi connectivity index (χ2n) is 5.80. The maximum atomic E-state index is 2.26. The molecular formula is C21H30. The SMILES string of the molecule is CCCCCCCc1ccc(C)cc1.Cc1ccccc1. The summed E-state index contributed by atoms with van der Waals surface area (Å²) in [7, 11) is 0. The minimum Gasteiger partial charge on any atom is -0.0654 e. The molecule has 0 N–H and O–H groups in total. The third-order valence-electron chi connectivity index (χ3n) is 3.63. The molecule has 114 valence electrons.